The van der Waals surface area contributed by atoms with Gasteiger partial charge in [0.25, 0.3) is 0 Å². The number of hydrogen-bond donors (Lipinski definition) is 1. The van der Waals surface area contributed by atoms with Gasteiger partial charge in [-0.25, -0.2) is 9.97 Å². The van der Waals surface area contributed by atoms with Crippen LogP contribution in [0.25, 0.3) is 16.6 Å². The lowest BCUT2D eigenvalue weighted by Crippen LogP contribution is -2.30. The van der Waals surface area contributed by atoms with Gasteiger partial charge in [0.05, 0.1) is 5.52 Å². The molecule has 0 amide bonds. The van der Waals surface area contributed by atoms with Gasteiger partial charge in [0.2, 0.25) is 5.95 Å². The highest BCUT2D eigenvalue weighted by Gasteiger charge is 2.17. The molecule has 108 valence electrons. The van der Waals surface area contributed by atoms with Crippen molar-refractivity contribution in [3.63, 3.8) is 0 Å². The van der Waals surface area contributed by atoms with Crippen LogP contribution in [0.3, 0.4) is 0 Å². The van der Waals surface area contributed by atoms with Crippen molar-refractivity contribution in [2.75, 3.05) is 31.1 Å². The molecular formula is C15H18N6. The maximum atomic E-state index is 4.84. The van der Waals surface area contributed by atoms with Crippen LogP contribution in [0.5, 0.6) is 0 Å². The summed E-state index contributed by atoms with van der Waals surface area (Å²) in [6, 6.07) is 6.29. The summed E-state index contributed by atoms with van der Waals surface area (Å²) in [7, 11) is 0. The van der Waals surface area contributed by atoms with Crippen LogP contribution in [-0.2, 0) is 0 Å². The van der Waals surface area contributed by atoms with E-state index in [0.29, 0.717) is 0 Å². The van der Waals surface area contributed by atoms with Crippen LogP contribution in [0.1, 0.15) is 12.0 Å². The quantitative estimate of drug-likeness (QED) is 0.731. The molecular weight excluding hydrogens is 264 g/mol. The summed E-state index contributed by atoms with van der Waals surface area (Å²) in [5.74, 6) is 0.891. The Morgan fingerprint density at radius 1 is 1.19 bits per heavy atom. The number of anilines is 1. The van der Waals surface area contributed by atoms with Crippen LogP contribution in [0.2, 0.25) is 0 Å². The van der Waals surface area contributed by atoms with Crippen molar-refractivity contribution in [1.82, 2.24) is 24.9 Å². The number of hydrogen-bond acceptors (Lipinski definition) is 5. The van der Waals surface area contributed by atoms with Gasteiger partial charge in [-0.3, -0.25) is 0 Å². The van der Waals surface area contributed by atoms with Gasteiger partial charge in [0.1, 0.15) is 6.33 Å². The van der Waals surface area contributed by atoms with Crippen molar-refractivity contribution >= 4 is 22.5 Å². The number of aromatic nitrogens is 4. The molecule has 4 rings (SSSR count). The standard InChI is InChI=1S/C15H18N6/c1-11-3-4-13-12(9-11)14-17-10-18-21(14)15(19-13)20-7-2-5-16-6-8-20/h3-4,9-10,16H,2,5-8H2,1H3. The van der Waals surface area contributed by atoms with Gasteiger partial charge in [-0.2, -0.15) is 9.61 Å². The summed E-state index contributed by atoms with van der Waals surface area (Å²) in [6.45, 7) is 6.06. The summed E-state index contributed by atoms with van der Waals surface area (Å²) < 4.78 is 1.87. The van der Waals surface area contributed by atoms with Crippen molar-refractivity contribution in [2.45, 2.75) is 13.3 Å². The van der Waals surface area contributed by atoms with Gasteiger partial charge in [0.15, 0.2) is 5.65 Å². The summed E-state index contributed by atoms with van der Waals surface area (Å²) >= 11 is 0. The fraction of sp³-hybridized carbons (Fsp3) is 0.400. The van der Waals surface area contributed by atoms with Crippen LogP contribution in [0.15, 0.2) is 24.5 Å². The van der Waals surface area contributed by atoms with Crippen LogP contribution in [0, 0.1) is 6.92 Å². The third-order valence-corrected chi connectivity index (χ3v) is 3.97. The molecule has 3 heterocycles. The first kappa shape index (κ1) is 12.5. The molecule has 0 bridgehead atoms. The molecule has 1 aliphatic heterocycles. The molecule has 0 radical (unpaired) electrons. The number of nitrogens with zero attached hydrogens (tertiary/aromatic N) is 5. The molecule has 1 aromatic carbocycles. The molecule has 0 spiro atoms. The Hall–Kier alpha value is -2.21. The second-order valence-electron chi connectivity index (χ2n) is 5.52. The Balaban J connectivity index is 1.94. The van der Waals surface area contributed by atoms with Gasteiger partial charge in [-0.15, -0.1) is 0 Å². The Kier molecular flexibility index (Phi) is 2.96. The van der Waals surface area contributed by atoms with Crippen molar-refractivity contribution in [3.05, 3.63) is 30.1 Å². The highest BCUT2D eigenvalue weighted by molar-refractivity contribution is 5.92. The first-order chi connectivity index (χ1) is 10.3. The lowest BCUT2D eigenvalue weighted by molar-refractivity contribution is 0.724. The van der Waals surface area contributed by atoms with Crippen LogP contribution in [-0.4, -0.2) is 45.8 Å². The maximum Gasteiger partial charge on any atom is 0.229 e. The second-order valence-corrected chi connectivity index (χ2v) is 5.52. The molecule has 6 nitrogen and oxygen atoms in total. The topological polar surface area (TPSA) is 58.4 Å². The number of nitrogens with one attached hydrogen (secondary N) is 1. The minimum Gasteiger partial charge on any atom is -0.339 e. The predicted octanol–water partition coefficient (Wildman–Crippen LogP) is 1.39. The average Bonchev–Trinajstić information content (AvgIpc) is 2.83. The third-order valence-electron chi connectivity index (χ3n) is 3.97. The van der Waals surface area contributed by atoms with E-state index in [0.717, 1.165) is 55.1 Å². The zero-order valence-electron chi connectivity index (χ0n) is 12.1. The highest BCUT2D eigenvalue weighted by atomic mass is 15.4. The van der Waals surface area contributed by atoms with Gasteiger partial charge < -0.3 is 10.2 Å². The molecule has 1 aliphatic rings. The zero-order valence-corrected chi connectivity index (χ0v) is 12.1. The number of rotatable bonds is 1. The fourth-order valence-corrected chi connectivity index (χ4v) is 2.90. The predicted molar refractivity (Wildman–Crippen MR) is 82.7 cm³/mol. The van der Waals surface area contributed by atoms with E-state index in [1.165, 1.54) is 5.56 Å². The SMILES string of the molecule is Cc1ccc2nc(N3CCCNCC3)n3ncnc3c2c1. The van der Waals surface area contributed by atoms with Gasteiger partial charge in [0, 0.05) is 25.0 Å². The fourth-order valence-electron chi connectivity index (χ4n) is 2.90. The first-order valence-corrected chi connectivity index (χ1v) is 7.39. The number of benzene rings is 1. The second kappa shape index (κ2) is 4.96. The summed E-state index contributed by atoms with van der Waals surface area (Å²) in [6.07, 6.45) is 2.72. The monoisotopic (exact) mass is 282 g/mol. The highest BCUT2D eigenvalue weighted by Crippen LogP contribution is 2.23. The molecule has 6 heteroatoms. The maximum absolute atomic E-state index is 4.84. The molecule has 1 saturated heterocycles. The van der Waals surface area contributed by atoms with Crippen molar-refractivity contribution in [3.8, 4) is 0 Å². The Morgan fingerprint density at radius 2 is 2.14 bits per heavy atom. The van der Waals surface area contributed by atoms with E-state index in [9.17, 15) is 0 Å². The Bertz CT molecular complexity index is 785. The van der Waals surface area contributed by atoms with E-state index in [1.807, 2.05) is 4.52 Å². The smallest absolute Gasteiger partial charge is 0.229 e. The molecule has 0 atom stereocenters. The molecule has 2 aromatic heterocycles. The molecule has 1 fully saturated rings. The summed E-state index contributed by atoms with van der Waals surface area (Å²) in [4.78, 5) is 11.6. The molecule has 1 N–H and O–H groups in total. The van der Waals surface area contributed by atoms with E-state index >= 15 is 0 Å². The van der Waals surface area contributed by atoms with Gasteiger partial charge in [-0.1, -0.05) is 11.6 Å². The number of fused-ring (bicyclic) bond motifs is 3. The van der Waals surface area contributed by atoms with Crippen molar-refractivity contribution in [1.29, 1.82) is 0 Å². The van der Waals surface area contributed by atoms with Gasteiger partial charge >= 0.3 is 0 Å². The lowest BCUT2D eigenvalue weighted by atomic mass is 10.1. The first-order valence-electron chi connectivity index (χ1n) is 7.39. The minimum absolute atomic E-state index is 0.885. The molecule has 0 saturated carbocycles. The van der Waals surface area contributed by atoms with Crippen LogP contribution in [0.4, 0.5) is 5.95 Å². The molecule has 0 aliphatic carbocycles. The lowest BCUT2D eigenvalue weighted by Gasteiger charge is -2.21. The third kappa shape index (κ3) is 2.12. The van der Waals surface area contributed by atoms with E-state index in [4.69, 9.17) is 4.98 Å². The summed E-state index contributed by atoms with van der Waals surface area (Å²) in [5.41, 5.74) is 3.07. The van der Waals surface area contributed by atoms with Crippen molar-refractivity contribution in [2.24, 2.45) is 0 Å². The Labute approximate surface area is 122 Å². The molecule has 3 aromatic rings. The zero-order chi connectivity index (χ0) is 14.2. The van der Waals surface area contributed by atoms with Gasteiger partial charge in [-0.05, 0) is 32.0 Å². The van der Waals surface area contributed by atoms with E-state index in [2.05, 4.69) is 45.4 Å². The van der Waals surface area contributed by atoms with E-state index in [1.54, 1.807) is 6.33 Å². The summed E-state index contributed by atoms with van der Waals surface area (Å²) in [5, 5.41) is 8.86. The number of aryl methyl sites for hydroxylation is 1. The molecule has 21 heavy (non-hydrogen) atoms. The normalized spacial score (nSPS) is 16.5. The molecule has 0 unspecified atom stereocenters. The van der Waals surface area contributed by atoms with E-state index in [-0.39, 0.29) is 0 Å². The van der Waals surface area contributed by atoms with E-state index < -0.39 is 0 Å². The largest absolute Gasteiger partial charge is 0.339 e. The van der Waals surface area contributed by atoms with Crippen LogP contribution < -0.4 is 10.2 Å². The minimum atomic E-state index is 0.885. The van der Waals surface area contributed by atoms with Crippen molar-refractivity contribution < 1.29 is 0 Å². The Morgan fingerprint density at radius 3 is 3.10 bits per heavy atom. The average molecular weight is 282 g/mol. The van der Waals surface area contributed by atoms with Crippen LogP contribution >= 0.6 is 0 Å².